The van der Waals surface area contributed by atoms with Crippen molar-refractivity contribution in [2.24, 2.45) is 11.3 Å². The molecule has 2 aliphatic heterocycles. The third-order valence-electron chi connectivity index (χ3n) is 7.57. The monoisotopic (exact) mass is 372 g/mol. The van der Waals surface area contributed by atoms with Gasteiger partial charge in [-0.05, 0) is 37.5 Å². The number of nitrogens with zero attached hydrogens (tertiary/aromatic N) is 3. The zero-order chi connectivity index (χ0) is 18.6. The molecule has 1 aromatic rings. The Hall–Kier alpha value is -1.89. The lowest BCUT2D eigenvalue weighted by Gasteiger charge is -2.50. The molecule has 1 aromatic heterocycles. The first-order chi connectivity index (χ1) is 13.1. The van der Waals surface area contributed by atoms with Crippen LogP contribution in [-0.2, 0) is 26.3 Å². The number of rotatable bonds is 3. The molecule has 2 aliphatic carbocycles. The minimum absolute atomic E-state index is 0.0153. The van der Waals surface area contributed by atoms with E-state index >= 15 is 0 Å². The fourth-order valence-corrected chi connectivity index (χ4v) is 5.75. The predicted octanol–water partition coefficient (Wildman–Crippen LogP) is 1.45. The molecule has 5 rings (SSSR count). The largest absolute Gasteiger partial charge is 0.375 e. The van der Waals surface area contributed by atoms with Crippen molar-refractivity contribution in [1.82, 2.24) is 19.8 Å². The van der Waals surface area contributed by atoms with Crippen molar-refractivity contribution in [3.8, 4) is 0 Å². The number of methoxy groups -OCH3 is 1. The molecule has 0 aromatic carbocycles. The summed E-state index contributed by atoms with van der Waals surface area (Å²) in [5.41, 5.74) is 2.09. The van der Waals surface area contributed by atoms with Crippen LogP contribution in [0, 0.1) is 11.3 Å². The van der Waals surface area contributed by atoms with Crippen molar-refractivity contribution in [2.75, 3.05) is 33.4 Å². The number of fused-ring (bicyclic) bond motifs is 2. The topological polar surface area (TPSA) is 78.5 Å². The molecule has 2 saturated carbocycles. The molecule has 4 aliphatic rings. The highest BCUT2D eigenvalue weighted by atomic mass is 16.5. The molecule has 1 N–H and O–H groups in total. The van der Waals surface area contributed by atoms with Crippen molar-refractivity contribution in [3.63, 3.8) is 0 Å². The average Bonchev–Trinajstić information content (AvgIpc) is 3.24. The predicted molar refractivity (Wildman–Crippen MR) is 97.8 cm³/mol. The first-order valence-corrected chi connectivity index (χ1v) is 10.2. The highest BCUT2D eigenvalue weighted by Gasteiger charge is 2.62. The van der Waals surface area contributed by atoms with Crippen molar-refractivity contribution >= 4 is 11.8 Å². The Balaban J connectivity index is 1.35. The number of nitrogens with one attached hydrogen (secondary N) is 1. The molecule has 146 valence electrons. The zero-order valence-corrected chi connectivity index (χ0v) is 16.0. The summed E-state index contributed by atoms with van der Waals surface area (Å²) in [6, 6.07) is 0. The molecule has 2 spiro atoms. The normalized spacial score (nSPS) is 27.4. The van der Waals surface area contributed by atoms with Crippen LogP contribution in [0.25, 0.3) is 0 Å². The number of ether oxygens (including phenoxy) is 1. The Morgan fingerprint density at radius 3 is 2.67 bits per heavy atom. The molecule has 0 radical (unpaired) electrons. The van der Waals surface area contributed by atoms with Crippen LogP contribution < -0.4 is 0 Å². The van der Waals surface area contributed by atoms with Crippen LogP contribution in [0.1, 0.15) is 49.9 Å². The molecular formula is C20H28N4O3. The summed E-state index contributed by atoms with van der Waals surface area (Å²) in [6.45, 7) is 2.18. The number of imidazole rings is 1. The number of aromatic amines is 1. The Kier molecular flexibility index (Phi) is 3.86. The number of hydrogen-bond acceptors (Lipinski definition) is 4. The highest BCUT2D eigenvalue weighted by Crippen LogP contribution is 2.66. The van der Waals surface area contributed by atoms with Crippen LogP contribution >= 0.6 is 0 Å². The maximum Gasteiger partial charge on any atom is 0.249 e. The van der Waals surface area contributed by atoms with Crippen molar-refractivity contribution in [2.45, 2.75) is 50.5 Å². The Morgan fingerprint density at radius 1 is 1.26 bits per heavy atom. The van der Waals surface area contributed by atoms with Crippen molar-refractivity contribution in [1.29, 1.82) is 0 Å². The van der Waals surface area contributed by atoms with Gasteiger partial charge >= 0.3 is 0 Å². The summed E-state index contributed by atoms with van der Waals surface area (Å²) in [5.74, 6) is 0.623. The van der Waals surface area contributed by atoms with Crippen LogP contribution in [0.3, 0.4) is 0 Å². The SMILES string of the molecule is COCC(=O)N1CCc2[nH]cnc2C12CCN(C(=O)C1CC13CCC3)CC2. The lowest BCUT2D eigenvalue weighted by atomic mass is 9.77. The van der Waals surface area contributed by atoms with E-state index in [1.54, 1.807) is 13.4 Å². The maximum absolute atomic E-state index is 13.0. The van der Waals surface area contributed by atoms with E-state index in [1.165, 1.54) is 19.3 Å². The van der Waals surface area contributed by atoms with E-state index in [4.69, 9.17) is 4.74 Å². The van der Waals surface area contributed by atoms with Crippen LogP contribution in [0.4, 0.5) is 0 Å². The van der Waals surface area contributed by atoms with E-state index in [9.17, 15) is 9.59 Å². The number of likely N-dealkylation sites (tertiary alicyclic amines) is 1. The van der Waals surface area contributed by atoms with Crippen LogP contribution in [-0.4, -0.2) is 64.9 Å². The number of H-pyrrole nitrogens is 1. The van der Waals surface area contributed by atoms with Gasteiger partial charge in [0.1, 0.15) is 6.61 Å². The van der Waals surface area contributed by atoms with Crippen LogP contribution in [0.2, 0.25) is 0 Å². The zero-order valence-electron chi connectivity index (χ0n) is 16.0. The lowest BCUT2D eigenvalue weighted by molar-refractivity contribution is -0.148. The van der Waals surface area contributed by atoms with Gasteiger partial charge in [0.25, 0.3) is 0 Å². The number of carbonyl (C=O) groups is 2. The van der Waals surface area contributed by atoms with E-state index < -0.39 is 5.54 Å². The van der Waals surface area contributed by atoms with Gasteiger partial charge in [-0.15, -0.1) is 0 Å². The molecular weight excluding hydrogens is 344 g/mol. The van der Waals surface area contributed by atoms with Gasteiger partial charge in [0, 0.05) is 44.8 Å². The number of hydrogen-bond donors (Lipinski definition) is 1. The summed E-state index contributed by atoms with van der Waals surface area (Å²) < 4.78 is 5.12. The van der Waals surface area contributed by atoms with Gasteiger partial charge in [-0.2, -0.15) is 0 Å². The second-order valence-electron chi connectivity index (χ2n) is 8.79. The molecule has 27 heavy (non-hydrogen) atoms. The Bertz CT molecular complexity index is 761. The number of amides is 2. The average molecular weight is 372 g/mol. The first-order valence-electron chi connectivity index (χ1n) is 10.2. The molecule has 3 heterocycles. The summed E-state index contributed by atoms with van der Waals surface area (Å²) in [7, 11) is 1.56. The quantitative estimate of drug-likeness (QED) is 0.871. The molecule has 7 nitrogen and oxygen atoms in total. The van der Waals surface area contributed by atoms with Crippen LogP contribution in [0.5, 0.6) is 0 Å². The van der Waals surface area contributed by atoms with E-state index in [0.717, 1.165) is 37.1 Å². The van der Waals surface area contributed by atoms with Crippen LogP contribution in [0.15, 0.2) is 6.33 Å². The second-order valence-corrected chi connectivity index (χ2v) is 8.79. The van der Waals surface area contributed by atoms with Gasteiger partial charge in [0.2, 0.25) is 11.8 Å². The summed E-state index contributed by atoms with van der Waals surface area (Å²) in [6.07, 6.45) is 8.88. The highest BCUT2D eigenvalue weighted by molar-refractivity contribution is 5.83. The number of carbonyl (C=O) groups excluding carboxylic acids is 2. The lowest BCUT2D eigenvalue weighted by Crippen LogP contribution is -2.59. The Labute approximate surface area is 159 Å². The minimum atomic E-state index is -0.405. The molecule has 2 amide bonds. The fraction of sp³-hybridized carbons (Fsp3) is 0.750. The minimum Gasteiger partial charge on any atom is -0.375 e. The second kappa shape index (κ2) is 6.06. The third-order valence-corrected chi connectivity index (χ3v) is 7.57. The van der Waals surface area contributed by atoms with Crippen molar-refractivity contribution < 1.29 is 14.3 Å². The molecule has 7 heteroatoms. The van der Waals surface area contributed by atoms with Gasteiger partial charge < -0.3 is 19.5 Å². The molecule has 3 fully saturated rings. The van der Waals surface area contributed by atoms with Gasteiger partial charge in [0.15, 0.2) is 0 Å². The molecule has 1 atom stereocenters. The van der Waals surface area contributed by atoms with Gasteiger partial charge in [-0.3, -0.25) is 9.59 Å². The van der Waals surface area contributed by atoms with Gasteiger partial charge in [0.05, 0.1) is 17.6 Å². The number of aromatic nitrogens is 2. The fourth-order valence-electron chi connectivity index (χ4n) is 5.75. The summed E-state index contributed by atoms with van der Waals surface area (Å²) in [5, 5.41) is 0. The molecule has 1 unspecified atom stereocenters. The standard InChI is InChI=1S/C20H28N4O3/c1-27-12-16(25)24-8-3-15-17(22-13-21-15)20(24)6-9-23(10-7-20)18(26)14-11-19(14)4-2-5-19/h13-14H,2-12H2,1H3,(H,21,22). The summed E-state index contributed by atoms with van der Waals surface area (Å²) >= 11 is 0. The van der Waals surface area contributed by atoms with E-state index in [0.29, 0.717) is 31.0 Å². The van der Waals surface area contributed by atoms with E-state index in [-0.39, 0.29) is 18.4 Å². The number of piperidine rings is 1. The molecule has 1 saturated heterocycles. The van der Waals surface area contributed by atoms with Crippen molar-refractivity contribution in [3.05, 3.63) is 17.7 Å². The summed E-state index contributed by atoms with van der Waals surface area (Å²) in [4.78, 5) is 37.6. The van der Waals surface area contributed by atoms with Gasteiger partial charge in [-0.1, -0.05) is 6.42 Å². The van der Waals surface area contributed by atoms with E-state index in [1.807, 2.05) is 9.80 Å². The maximum atomic E-state index is 13.0. The first kappa shape index (κ1) is 17.2. The van der Waals surface area contributed by atoms with Gasteiger partial charge in [-0.25, -0.2) is 4.98 Å². The molecule has 0 bridgehead atoms. The smallest absolute Gasteiger partial charge is 0.249 e. The Morgan fingerprint density at radius 2 is 2.04 bits per heavy atom. The van der Waals surface area contributed by atoms with E-state index in [2.05, 4.69) is 9.97 Å². The third kappa shape index (κ3) is 2.47.